The zero-order valence-electron chi connectivity index (χ0n) is 34.2. The highest BCUT2D eigenvalue weighted by atomic mass is 35.5. The van der Waals surface area contributed by atoms with Crippen molar-refractivity contribution in [3.63, 3.8) is 0 Å². The van der Waals surface area contributed by atoms with Crippen molar-refractivity contribution in [3.05, 3.63) is 125 Å². The van der Waals surface area contributed by atoms with Crippen molar-refractivity contribution in [2.45, 2.75) is 87.1 Å². The first kappa shape index (κ1) is 42.4. The van der Waals surface area contributed by atoms with E-state index in [1.807, 2.05) is 93.6 Å². The van der Waals surface area contributed by atoms with Gasteiger partial charge in [-0.2, -0.15) is 4.31 Å². The number of hydrogen-bond donors (Lipinski definition) is 1. The van der Waals surface area contributed by atoms with Crippen molar-refractivity contribution in [2.75, 3.05) is 38.8 Å². The van der Waals surface area contributed by atoms with Gasteiger partial charge in [-0.1, -0.05) is 48.0 Å². The summed E-state index contributed by atoms with van der Waals surface area (Å²) in [5.41, 5.74) is 4.60. The number of rotatable bonds is 14. The predicted octanol–water partition coefficient (Wildman–Crippen LogP) is 8.85. The summed E-state index contributed by atoms with van der Waals surface area (Å²) in [7, 11) is -0.820. The van der Waals surface area contributed by atoms with Gasteiger partial charge in [-0.25, -0.2) is 8.42 Å². The SMILES string of the molecule is C=CC(N[S@@+]([O-])C(C)(C)C)[C@@H]1CC[C@H]1CN1C[C@@]2(CCCc3cc(Cl)ccc32)COc2ccc(S(=O)(=O)N(Cc3ccc(OC)cc3)Cc3ccc(OC)cc3)cc21. The van der Waals surface area contributed by atoms with Crippen molar-refractivity contribution in [1.82, 2.24) is 9.03 Å². The van der Waals surface area contributed by atoms with E-state index in [0.29, 0.717) is 36.9 Å². The molecule has 58 heavy (non-hydrogen) atoms. The molecule has 1 spiro atoms. The van der Waals surface area contributed by atoms with Crippen molar-refractivity contribution < 1.29 is 27.2 Å². The van der Waals surface area contributed by atoms with E-state index >= 15 is 0 Å². The molecular formula is C46H56ClN3O6S2. The van der Waals surface area contributed by atoms with E-state index in [0.717, 1.165) is 53.9 Å². The average Bonchev–Trinajstić information content (AvgIpc) is 3.35. The summed E-state index contributed by atoms with van der Waals surface area (Å²) in [5.74, 6) is 2.54. The monoisotopic (exact) mass is 845 g/mol. The van der Waals surface area contributed by atoms with Crippen LogP contribution in [0, 0.1) is 11.8 Å². The highest BCUT2D eigenvalue weighted by molar-refractivity contribution is 7.90. The Morgan fingerprint density at radius 2 is 1.66 bits per heavy atom. The third-order valence-corrected chi connectivity index (χ3v) is 15.7. The summed E-state index contributed by atoms with van der Waals surface area (Å²) in [6.45, 7) is 12.2. The highest BCUT2D eigenvalue weighted by Crippen LogP contribution is 2.47. The van der Waals surface area contributed by atoms with Crippen molar-refractivity contribution in [3.8, 4) is 17.2 Å². The number of hydrogen-bond acceptors (Lipinski definition) is 8. The zero-order chi connectivity index (χ0) is 41.2. The Bertz CT molecular complexity index is 2130. The molecule has 1 unspecified atom stereocenters. The maximum atomic E-state index is 15.0. The fraction of sp³-hybridized carbons (Fsp3) is 0.435. The molecule has 1 saturated carbocycles. The van der Waals surface area contributed by atoms with Gasteiger partial charge < -0.3 is 23.7 Å². The molecule has 1 aliphatic heterocycles. The minimum Gasteiger partial charge on any atom is -0.598 e. The second kappa shape index (κ2) is 17.5. The summed E-state index contributed by atoms with van der Waals surface area (Å²) < 4.78 is 65.2. The lowest BCUT2D eigenvalue weighted by molar-refractivity contribution is 0.153. The Morgan fingerprint density at radius 3 is 2.22 bits per heavy atom. The minimum atomic E-state index is -4.04. The fourth-order valence-corrected chi connectivity index (χ4v) is 11.2. The first-order valence-electron chi connectivity index (χ1n) is 20.1. The molecule has 1 heterocycles. The second-order valence-corrected chi connectivity index (χ2v) is 21.3. The van der Waals surface area contributed by atoms with Crippen LogP contribution in [0.3, 0.4) is 0 Å². The number of aryl methyl sites for hydroxylation is 1. The average molecular weight is 847 g/mol. The molecule has 310 valence electrons. The molecule has 5 atom stereocenters. The van der Waals surface area contributed by atoms with Gasteiger partial charge in [-0.05, 0) is 142 Å². The Morgan fingerprint density at radius 1 is 1.00 bits per heavy atom. The number of nitrogens with zero attached hydrogens (tertiary/aromatic N) is 2. The predicted molar refractivity (Wildman–Crippen MR) is 234 cm³/mol. The Balaban J connectivity index is 1.26. The largest absolute Gasteiger partial charge is 0.598 e. The second-order valence-electron chi connectivity index (χ2n) is 17.0. The highest BCUT2D eigenvalue weighted by Gasteiger charge is 2.45. The smallest absolute Gasteiger partial charge is 0.243 e. The van der Waals surface area contributed by atoms with E-state index < -0.39 is 26.1 Å². The van der Waals surface area contributed by atoms with Crippen LogP contribution >= 0.6 is 11.6 Å². The van der Waals surface area contributed by atoms with Crippen LogP contribution in [0.4, 0.5) is 5.69 Å². The molecule has 1 fully saturated rings. The summed E-state index contributed by atoms with van der Waals surface area (Å²) in [4.78, 5) is 2.57. The molecule has 12 heteroatoms. The zero-order valence-corrected chi connectivity index (χ0v) is 36.6. The molecule has 0 saturated heterocycles. The number of methoxy groups -OCH3 is 2. The van der Waals surface area contributed by atoms with Gasteiger partial charge in [-0.15, -0.1) is 11.3 Å². The maximum Gasteiger partial charge on any atom is 0.243 e. The van der Waals surface area contributed by atoms with E-state index in [1.165, 1.54) is 15.4 Å². The number of anilines is 1. The first-order chi connectivity index (χ1) is 27.7. The van der Waals surface area contributed by atoms with E-state index in [-0.39, 0.29) is 41.3 Å². The van der Waals surface area contributed by atoms with Gasteiger partial charge in [0, 0.05) is 48.0 Å². The van der Waals surface area contributed by atoms with Crippen LogP contribution < -0.4 is 23.8 Å². The number of sulfonamides is 1. The van der Waals surface area contributed by atoms with Crippen LogP contribution in [0.2, 0.25) is 5.02 Å². The van der Waals surface area contributed by atoms with Gasteiger partial charge in [0.25, 0.3) is 0 Å². The van der Waals surface area contributed by atoms with E-state index in [9.17, 15) is 13.0 Å². The molecule has 4 aromatic rings. The van der Waals surface area contributed by atoms with Crippen molar-refractivity contribution >= 4 is 38.7 Å². The number of fused-ring (bicyclic) bond motifs is 3. The van der Waals surface area contributed by atoms with Crippen LogP contribution in [0.25, 0.3) is 0 Å². The first-order valence-corrected chi connectivity index (χ1v) is 23.1. The Kier molecular flexibility index (Phi) is 12.8. The van der Waals surface area contributed by atoms with Crippen LogP contribution in [-0.4, -0.2) is 62.0 Å². The number of ether oxygens (including phenoxy) is 3. The minimum absolute atomic E-state index is 0.121. The Hall–Kier alpha value is -3.71. The topological polar surface area (TPSA) is 103 Å². The molecule has 2 aliphatic carbocycles. The molecule has 0 radical (unpaired) electrons. The normalized spacial score (nSPS) is 21.6. The lowest BCUT2D eigenvalue weighted by atomic mass is 9.68. The number of halogens is 1. The molecule has 1 N–H and O–H groups in total. The summed E-state index contributed by atoms with van der Waals surface area (Å²) >= 11 is 5.27. The molecule has 0 aromatic heterocycles. The van der Waals surface area contributed by atoms with Crippen LogP contribution in [0.15, 0.2) is 102 Å². The number of nitrogens with one attached hydrogen (secondary N) is 1. The van der Waals surface area contributed by atoms with Crippen LogP contribution in [-0.2, 0) is 46.3 Å². The molecule has 0 bridgehead atoms. The van der Waals surface area contributed by atoms with E-state index in [2.05, 4.69) is 28.3 Å². The lowest BCUT2D eigenvalue weighted by Gasteiger charge is -2.46. The third-order valence-electron chi connectivity index (χ3n) is 12.1. The molecule has 9 nitrogen and oxygen atoms in total. The molecular weight excluding hydrogens is 790 g/mol. The summed E-state index contributed by atoms with van der Waals surface area (Å²) in [6.07, 6.45) is 6.77. The van der Waals surface area contributed by atoms with E-state index in [4.69, 9.17) is 25.8 Å². The molecule has 4 aromatic carbocycles. The molecule has 7 rings (SSSR count). The maximum absolute atomic E-state index is 15.0. The molecule has 0 amide bonds. The van der Waals surface area contributed by atoms with Gasteiger partial charge >= 0.3 is 0 Å². The van der Waals surface area contributed by atoms with Crippen molar-refractivity contribution in [2.24, 2.45) is 11.8 Å². The lowest BCUT2D eigenvalue weighted by Crippen LogP contribution is -2.53. The molecule has 3 aliphatic rings. The fourth-order valence-electron chi connectivity index (χ4n) is 8.69. The number of benzene rings is 4. The van der Waals surface area contributed by atoms with Crippen LogP contribution in [0.5, 0.6) is 17.2 Å². The van der Waals surface area contributed by atoms with Gasteiger partial charge in [0.15, 0.2) is 0 Å². The van der Waals surface area contributed by atoms with Crippen molar-refractivity contribution in [1.29, 1.82) is 0 Å². The van der Waals surface area contributed by atoms with Gasteiger partial charge in [-0.3, -0.25) is 0 Å². The quantitative estimate of drug-likeness (QED) is 0.0993. The van der Waals surface area contributed by atoms with Gasteiger partial charge in [0.1, 0.15) is 22.0 Å². The van der Waals surface area contributed by atoms with Gasteiger partial charge in [0.05, 0.1) is 37.5 Å². The van der Waals surface area contributed by atoms with Crippen LogP contribution in [0.1, 0.15) is 68.7 Å². The summed E-state index contributed by atoms with van der Waals surface area (Å²) in [5, 5.41) is 0.724. The van der Waals surface area contributed by atoms with E-state index in [1.54, 1.807) is 20.3 Å². The summed E-state index contributed by atoms with van der Waals surface area (Å²) in [6, 6.07) is 26.4. The third kappa shape index (κ3) is 9.05. The Labute approximate surface area is 353 Å². The van der Waals surface area contributed by atoms with Gasteiger partial charge in [0.2, 0.25) is 10.0 Å². The standard InChI is InChI=1S/C46H56ClN3O6S2/c1-7-42(48-57(51)45(2,3)4)40-21-14-35(40)29-49-30-46(24-8-9-34-25-36(47)15-22-41(34)46)31-56-44-23-20-39(26-43(44)49)58(52,53)50(27-32-10-16-37(54-5)17-11-32)28-33-12-18-38(55-6)19-13-33/h7,10-13,15-20,22-23,25-26,35,40,42,48H,1,8-9,14,21,24,27-31H2,2-6H3/t35-,40+,42?,46-,57-/m0/s1.